The van der Waals surface area contributed by atoms with E-state index in [1.807, 2.05) is 43.3 Å². The van der Waals surface area contributed by atoms with Gasteiger partial charge in [-0.15, -0.1) is 0 Å². The van der Waals surface area contributed by atoms with Crippen LogP contribution in [0.25, 0.3) is 22.2 Å². The van der Waals surface area contributed by atoms with Crippen LogP contribution in [0.15, 0.2) is 51.7 Å². The Morgan fingerprint density at radius 2 is 1.64 bits per heavy atom. The van der Waals surface area contributed by atoms with Crippen molar-refractivity contribution in [2.75, 3.05) is 6.61 Å². The molecule has 3 rings (SSSR count). The largest absolute Gasteiger partial charge is 0.444 e. The maximum absolute atomic E-state index is 13.5. The van der Waals surface area contributed by atoms with Crippen LogP contribution in [0.2, 0.25) is 18.1 Å². The van der Waals surface area contributed by atoms with E-state index in [9.17, 15) is 19.6 Å². The normalized spacial score (nSPS) is 14.3. The SMILES string of the molecule is CC(CO[Si](C)(C)C(C)(C)C)CC(NC(=O)OC(C)(C)C)C(=O)N[C@H](C#N)Cc1ccc(-c2ccc3oc(=O)n(C)c3c2)cc1. The number of hydrogen-bond acceptors (Lipinski definition) is 7. The molecule has 0 saturated carbocycles. The number of aryl methyl sites for hydroxylation is 1. The van der Waals surface area contributed by atoms with E-state index >= 15 is 0 Å². The lowest BCUT2D eigenvalue weighted by molar-refractivity contribution is -0.124. The van der Waals surface area contributed by atoms with Gasteiger partial charge in [0, 0.05) is 20.1 Å². The van der Waals surface area contributed by atoms with Gasteiger partial charge in [0.25, 0.3) is 0 Å². The summed E-state index contributed by atoms with van der Waals surface area (Å²) in [5.41, 5.74) is 3.19. The molecule has 0 bridgehead atoms. The number of ether oxygens (including phenoxy) is 1. The number of nitriles is 1. The van der Waals surface area contributed by atoms with E-state index in [1.165, 1.54) is 4.57 Å². The second kappa shape index (κ2) is 14.0. The highest BCUT2D eigenvalue weighted by Gasteiger charge is 2.37. The van der Waals surface area contributed by atoms with Gasteiger partial charge in [-0.1, -0.05) is 58.0 Å². The van der Waals surface area contributed by atoms with Gasteiger partial charge in [-0.2, -0.15) is 5.26 Å². The minimum atomic E-state index is -2.00. The summed E-state index contributed by atoms with van der Waals surface area (Å²) >= 11 is 0. The number of nitrogens with one attached hydrogen (secondary N) is 2. The minimum absolute atomic E-state index is 0.0402. The standard InChI is InChI=1S/C34H48N4O6Si/c1-22(21-42-45(9,10)34(5,6)7)17-27(37-31(40)44-33(2,3)4)30(39)36-26(20-35)18-23-11-13-24(14-12-23)25-15-16-29-28(19-25)38(8)32(41)43-29/h11-16,19,22,26-27H,17-18,21H2,1-10H3,(H,36,39)(H,37,40)/t22?,26-,27?/m0/s1. The molecule has 3 aromatic rings. The molecule has 0 saturated heterocycles. The predicted octanol–water partition coefficient (Wildman–Crippen LogP) is 6.29. The number of carbonyl (C=O) groups excluding carboxylic acids is 2. The van der Waals surface area contributed by atoms with Crippen molar-refractivity contribution >= 4 is 31.4 Å². The van der Waals surface area contributed by atoms with Gasteiger partial charge in [0.15, 0.2) is 13.9 Å². The molecule has 2 N–H and O–H groups in total. The van der Waals surface area contributed by atoms with E-state index in [2.05, 4.69) is 50.6 Å². The van der Waals surface area contributed by atoms with Gasteiger partial charge in [0.1, 0.15) is 17.7 Å². The van der Waals surface area contributed by atoms with Crippen LogP contribution in [0.1, 0.15) is 60.5 Å². The van der Waals surface area contributed by atoms with Crippen molar-refractivity contribution in [1.29, 1.82) is 5.26 Å². The van der Waals surface area contributed by atoms with E-state index in [4.69, 9.17) is 13.6 Å². The third-order valence-electron chi connectivity index (χ3n) is 8.17. The number of benzene rings is 2. The number of rotatable bonds is 11. The summed E-state index contributed by atoms with van der Waals surface area (Å²) in [4.78, 5) is 38.0. The molecule has 3 atom stereocenters. The molecule has 0 aliphatic rings. The van der Waals surface area contributed by atoms with Crippen LogP contribution in [-0.2, 0) is 27.4 Å². The second-order valence-corrected chi connectivity index (χ2v) is 19.1. The van der Waals surface area contributed by atoms with Crippen LogP contribution in [0.5, 0.6) is 0 Å². The van der Waals surface area contributed by atoms with Crippen LogP contribution in [0, 0.1) is 17.2 Å². The summed E-state index contributed by atoms with van der Waals surface area (Å²) in [7, 11) is -0.337. The zero-order chi connectivity index (χ0) is 33.7. The van der Waals surface area contributed by atoms with Crippen LogP contribution >= 0.6 is 0 Å². The van der Waals surface area contributed by atoms with Crippen molar-refractivity contribution in [3.05, 3.63) is 58.6 Å². The smallest absolute Gasteiger partial charge is 0.419 e. The van der Waals surface area contributed by atoms with Gasteiger partial charge in [-0.05, 0) is 80.1 Å². The number of aromatic nitrogens is 1. The molecule has 0 spiro atoms. The molecule has 244 valence electrons. The molecule has 10 nitrogen and oxygen atoms in total. The Morgan fingerprint density at radius 1 is 1.02 bits per heavy atom. The zero-order valence-electron chi connectivity index (χ0n) is 28.2. The highest BCUT2D eigenvalue weighted by Crippen LogP contribution is 2.37. The van der Waals surface area contributed by atoms with E-state index in [0.29, 0.717) is 24.1 Å². The summed E-state index contributed by atoms with van der Waals surface area (Å²) in [5.74, 6) is -0.914. The molecule has 0 radical (unpaired) electrons. The number of oxazole rings is 1. The maximum Gasteiger partial charge on any atom is 0.419 e. The van der Waals surface area contributed by atoms with E-state index in [1.54, 1.807) is 33.9 Å². The molecule has 0 aliphatic carbocycles. The Hall–Kier alpha value is -3.88. The van der Waals surface area contributed by atoms with Crippen molar-refractivity contribution in [3.8, 4) is 17.2 Å². The highest BCUT2D eigenvalue weighted by atomic mass is 28.4. The summed E-state index contributed by atoms with van der Waals surface area (Å²) in [6.45, 7) is 18.6. The molecule has 1 aromatic heterocycles. The predicted molar refractivity (Wildman–Crippen MR) is 178 cm³/mol. The number of fused-ring (bicyclic) bond motifs is 1. The van der Waals surface area contributed by atoms with Crippen LogP contribution in [-0.4, -0.2) is 49.2 Å². The Morgan fingerprint density at radius 3 is 2.22 bits per heavy atom. The van der Waals surface area contributed by atoms with Gasteiger partial charge in [0.2, 0.25) is 5.91 Å². The lowest BCUT2D eigenvalue weighted by atomic mass is 9.99. The van der Waals surface area contributed by atoms with Crippen molar-refractivity contribution in [1.82, 2.24) is 15.2 Å². The number of hydrogen-bond donors (Lipinski definition) is 2. The Kier molecular flexibility index (Phi) is 11.1. The first-order valence-electron chi connectivity index (χ1n) is 15.3. The van der Waals surface area contributed by atoms with Crippen molar-refractivity contribution in [2.24, 2.45) is 13.0 Å². The number of alkyl carbamates (subject to hydrolysis) is 1. The topological polar surface area (TPSA) is 136 Å². The molecule has 0 aliphatic heterocycles. The van der Waals surface area contributed by atoms with Gasteiger partial charge in [-0.3, -0.25) is 9.36 Å². The zero-order valence-corrected chi connectivity index (χ0v) is 29.2. The fourth-order valence-corrected chi connectivity index (χ4v) is 5.63. The third kappa shape index (κ3) is 9.80. The fourth-order valence-electron chi connectivity index (χ4n) is 4.50. The molecule has 11 heteroatoms. The first-order valence-corrected chi connectivity index (χ1v) is 18.2. The maximum atomic E-state index is 13.5. The quantitative estimate of drug-likeness (QED) is 0.236. The lowest BCUT2D eigenvalue weighted by Gasteiger charge is -2.37. The first kappa shape index (κ1) is 35.6. The van der Waals surface area contributed by atoms with Crippen molar-refractivity contribution in [3.63, 3.8) is 0 Å². The molecular formula is C34H48N4O6Si. The van der Waals surface area contributed by atoms with Gasteiger partial charge >= 0.3 is 11.8 Å². The summed E-state index contributed by atoms with van der Waals surface area (Å²) in [6, 6.07) is 13.7. The van der Waals surface area contributed by atoms with Crippen molar-refractivity contribution in [2.45, 2.75) is 97.1 Å². The molecule has 45 heavy (non-hydrogen) atoms. The van der Waals surface area contributed by atoms with E-state index in [0.717, 1.165) is 16.7 Å². The van der Waals surface area contributed by atoms with E-state index in [-0.39, 0.29) is 17.4 Å². The second-order valence-electron chi connectivity index (χ2n) is 14.3. The molecule has 2 amide bonds. The first-order chi connectivity index (χ1) is 20.8. The molecule has 2 unspecified atom stereocenters. The monoisotopic (exact) mass is 636 g/mol. The summed E-state index contributed by atoms with van der Waals surface area (Å²) < 4.78 is 18.5. The fraction of sp³-hybridized carbons (Fsp3) is 0.529. The molecule has 1 heterocycles. The van der Waals surface area contributed by atoms with Gasteiger partial charge in [-0.25, -0.2) is 9.59 Å². The molecular weight excluding hydrogens is 588 g/mol. The van der Waals surface area contributed by atoms with Crippen LogP contribution in [0.3, 0.4) is 0 Å². The van der Waals surface area contributed by atoms with Crippen molar-refractivity contribution < 1.29 is 23.2 Å². The average Bonchev–Trinajstić information content (AvgIpc) is 3.22. The molecule has 2 aromatic carbocycles. The van der Waals surface area contributed by atoms with E-state index < -0.39 is 43.8 Å². The van der Waals surface area contributed by atoms with Gasteiger partial charge < -0.3 is 24.2 Å². The van der Waals surface area contributed by atoms with Gasteiger partial charge in [0.05, 0.1) is 11.6 Å². The average molecular weight is 637 g/mol. The number of nitrogens with zero attached hydrogens (tertiary/aromatic N) is 2. The summed E-state index contributed by atoms with van der Waals surface area (Å²) in [5, 5.41) is 15.5. The Bertz CT molecular complexity index is 1590. The highest BCUT2D eigenvalue weighted by molar-refractivity contribution is 6.74. The Labute approximate surface area is 267 Å². The number of amides is 2. The van der Waals surface area contributed by atoms with Crippen LogP contribution < -0.4 is 16.4 Å². The third-order valence-corrected chi connectivity index (χ3v) is 12.7. The number of carbonyl (C=O) groups is 2. The lowest BCUT2D eigenvalue weighted by Crippen LogP contribution is -2.51. The van der Waals surface area contributed by atoms with Crippen LogP contribution in [0.4, 0.5) is 4.79 Å². The summed E-state index contributed by atoms with van der Waals surface area (Å²) in [6.07, 6.45) is -0.0990. The minimum Gasteiger partial charge on any atom is -0.444 e. The Balaban J connectivity index is 1.70. The molecule has 0 fully saturated rings.